The number of pyridine rings is 1. The number of aliphatic hydroxyl groups is 1. The number of aromatic nitrogens is 1. The number of hydrogen-bond acceptors (Lipinski definition) is 7. The van der Waals surface area contributed by atoms with Gasteiger partial charge in [0.25, 0.3) is 5.91 Å². The van der Waals surface area contributed by atoms with Gasteiger partial charge in [-0.2, -0.15) is 0 Å². The Morgan fingerprint density at radius 3 is 2.53 bits per heavy atom. The number of esters is 1. The van der Waals surface area contributed by atoms with Gasteiger partial charge >= 0.3 is 11.9 Å². The van der Waals surface area contributed by atoms with Crippen molar-refractivity contribution in [1.82, 2.24) is 9.88 Å². The molecule has 0 fully saturated rings. The lowest BCUT2D eigenvalue weighted by Crippen LogP contribution is -2.31. The highest BCUT2D eigenvalue weighted by Gasteiger charge is 2.34. The number of hydrogen-bond donors (Lipinski definition) is 3. The van der Waals surface area contributed by atoms with Gasteiger partial charge in [0.2, 0.25) is 0 Å². The molecule has 0 saturated heterocycles. The molecule has 9 heteroatoms. The molecular weight excluding hydrogens is 438 g/mol. The lowest BCUT2D eigenvalue weighted by Gasteiger charge is -2.15. The summed E-state index contributed by atoms with van der Waals surface area (Å²) in [5.74, 6) is -2.06. The molecule has 9 nitrogen and oxygen atoms in total. The summed E-state index contributed by atoms with van der Waals surface area (Å²) in [5.41, 5.74) is 3.71. The van der Waals surface area contributed by atoms with Crippen LogP contribution in [0.15, 0.2) is 59.8 Å². The molecule has 0 saturated carbocycles. The van der Waals surface area contributed by atoms with Gasteiger partial charge in [-0.3, -0.25) is 4.79 Å². The molecule has 3 N–H and O–H groups in total. The fraction of sp³-hybridized carbons (Fsp3) is 0.200. The van der Waals surface area contributed by atoms with Gasteiger partial charge in [-0.15, -0.1) is 0 Å². The van der Waals surface area contributed by atoms with Gasteiger partial charge in [0.15, 0.2) is 0 Å². The van der Waals surface area contributed by atoms with Crippen LogP contribution in [-0.4, -0.2) is 64.7 Å². The normalized spacial score (nSPS) is 13.5. The SMILES string of the molecule is COC(=O)C1=C(Nc2ccc(-c3cc(C(=O)O)c4cc(C)ccc4n3)cc2)C(=O)N(CCO)C1. The molecule has 0 unspecified atom stereocenters. The number of carboxylic acids is 1. The lowest BCUT2D eigenvalue weighted by molar-refractivity contribution is -0.136. The number of carbonyl (C=O) groups excluding carboxylic acids is 2. The monoisotopic (exact) mass is 461 g/mol. The maximum Gasteiger partial charge on any atom is 0.337 e. The molecule has 2 heterocycles. The Morgan fingerprint density at radius 2 is 1.88 bits per heavy atom. The Hall–Kier alpha value is -4.24. The van der Waals surface area contributed by atoms with E-state index in [1.165, 1.54) is 18.1 Å². The first-order valence-corrected chi connectivity index (χ1v) is 10.6. The number of nitrogens with one attached hydrogen (secondary N) is 1. The third-order valence-corrected chi connectivity index (χ3v) is 5.60. The van der Waals surface area contributed by atoms with E-state index in [0.29, 0.717) is 27.8 Å². The van der Waals surface area contributed by atoms with Crippen molar-refractivity contribution in [2.75, 3.05) is 32.1 Å². The molecule has 0 bridgehead atoms. The molecule has 2 aromatic carbocycles. The van der Waals surface area contributed by atoms with Crippen molar-refractivity contribution in [2.24, 2.45) is 0 Å². The van der Waals surface area contributed by atoms with Crippen LogP contribution in [0.25, 0.3) is 22.2 Å². The highest BCUT2D eigenvalue weighted by atomic mass is 16.5. The maximum atomic E-state index is 12.7. The smallest absolute Gasteiger partial charge is 0.337 e. The number of β-amino-alcohol motifs (C(OH)–C–C–N with tert-alkyl or cyclic N) is 1. The molecule has 0 radical (unpaired) electrons. The minimum atomic E-state index is -1.04. The fourth-order valence-corrected chi connectivity index (χ4v) is 3.88. The number of anilines is 1. The Kier molecular flexibility index (Phi) is 6.29. The molecule has 1 aliphatic heterocycles. The average molecular weight is 461 g/mol. The van der Waals surface area contributed by atoms with Crippen molar-refractivity contribution in [3.63, 3.8) is 0 Å². The Bertz CT molecular complexity index is 1330. The molecule has 4 rings (SSSR count). The minimum absolute atomic E-state index is 0.0466. The molecule has 3 aromatic rings. The quantitative estimate of drug-likeness (QED) is 0.458. The van der Waals surface area contributed by atoms with Gasteiger partial charge in [-0.05, 0) is 37.3 Å². The van der Waals surface area contributed by atoms with Gasteiger partial charge in [-0.25, -0.2) is 14.6 Å². The zero-order valence-corrected chi connectivity index (χ0v) is 18.7. The summed E-state index contributed by atoms with van der Waals surface area (Å²) in [6.45, 7) is 1.82. The molecule has 1 aromatic heterocycles. The average Bonchev–Trinajstić information content (AvgIpc) is 3.13. The van der Waals surface area contributed by atoms with E-state index in [2.05, 4.69) is 10.3 Å². The number of aliphatic hydroxyl groups excluding tert-OH is 1. The van der Waals surface area contributed by atoms with Crippen LogP contribution in [0.5, 0.6) is 0 Å². The highest BCUT2D eigenvalue weighted by Crippen LogP contribution is 2.28. The number of fused-ring (bicyclic) bond motifs is 1. The first-order chi connectivity index (χ1) is 16.3. The summed E-state index contributed by atoms with van der Waals surface area (Å²) in [6, 6.07) is 13.9. The number of methoxy groups -OCH3 is 1. The summed E-state index contributed by atoms with van der Waals surface area (Å²) < 4.78 is 4.79. The van der Waals surface area contributed by atoms with E-state index < -0.39 is 17.8 Å². The number of carboxylic acid groups (broad SMARTS) is 1. The van der Waals surface area contributed by atoms with E-state index in [4.69, 9.17) is 4.74 Å². The van der Waals surface area contributed by atoms with Gasteiger partial charge in [0.1, 0.15) is 5.70 Å². The number of carbonyl (C=O) groups is 3. The van der Waals surface area contributed by atoms with Crippen molar-refractivity contribution in [1.29, 1.82) is 0 Å². The Labute approximate surface area is 195 Å². The third kappa shape index (κ3) is 4.33. The molecule has 0 aliphatic carbocycles. The van der Waals surface area contributed by atoms with Crippen molar-refractivity contribution in [3.8, 4) is 11.3 Å². The second-order valence-corrected chi connectivity index (χ2v) is 7.88. The van der Waals surface area contributed by atoms with Crippen LogP contribution in [0.3, 0.4) is 0 Å². The highest BCUT2D eigenvalue weighted by molar-refractivity contribution is 6.08. The van der Waals surface area contributed by atoms with Crippen LogP contribution >= 0.6 is 0 Å². The molecule has 34 heavy (non-hydrogen) atoms. The van der Waals surface area contributed by atoms with E-state index in [0.717, 1.165) is 5.56 Å². The third-order valence-electron chi connectivity index (χ3n) is 5.60. The largest absolute Gasteiger partial charge is 0.478 e. The number of aromatic carboxylic acids is 1. The van der Waals surface area contributed by atoms with Gasteiger partial charge in [-0.1, -0.05) is 23.8 Å². The molecule has 1 amide bonds. The number of benzene rings is 2. The number of rotatable bonds is 7. The zero-order chi connectivity index (χ0) is 24.4. The predicted molar refractivity (Wildman–Crippen MR) is 125 cm³/mol. The fourth-order valence-electron chi connectivity index (χ4n) is 3.88. The predicted octanol–water partition coefficient (Wildman–Crippen LogP) is 2.58. The second-order valence-electron chi connectivity index (χ2n) is 7.88. The Morgan fingerprint density at radius 1 is 1.15 bits per heavy atom. The first kappa shape index (κ1) is 22.9. The first-order valence-electron chi connectivity index (χ1n) is 10.6. The lowest BCUT2D eigenvalue weighted by atomic mass is 10.0. The van der Waals surface area contributed by atoms with Crippen LogP contribution in [0.2, 0.25) is 0 Å². The zero-order valence-electron chi connectivity index (χ0n) is 18.7. The minimum Gasteiger partial charge on any atom is -0.478 e. The van der Waals surface area contributed by atoms with Gasteiger partial charge in [0.05, 0.1) is 42.6 Å². The molecule has 0 atom stereocenters. The number of amides is 1. The van der Waals surface area contributed by atoms with Crippen molar-refractivity contribution < 1.29 is 29.3 Å². The van der Waals surface area contributed by atoms with E-state index in [1.54, 1.807) is 36.4 Å². The van der Waals surface area contributed by atoms with Crippen molar-refractivity contribution >= 4 is 34.4 Å². The molecule has 1 aliphatic rings. The Balaban J connectivity index is 1.65. The number of nitrogens with zero attached hydrogens (tertiary/aromatic N) is 2. The summed E-state index contributed by atoms with van der Waals surface area (Å²) in [6.07, 6.45) is 0. The van der Waals surface area contributed by atoms with Crippen molar-refractivity contribution in [2.45, 2.75) is 6.92 Å². The van der Waals surface area contributed by atoms with E-state index in [-0.39, 0.29) is 36.5 Å². The van der Waals surface area contributed by atoms with Gasteiger partial charge < -0.3 is 25.2 Å². The molecule has 0 spiro atoms. The second kappa shape index (κ2) is 9.32. The van der Waals surface area contributed by atoms with E-state index >= 15 is 0 Å². The van der Waals surface area contributed by atoms with Crippen LogP contribution in [0, 0.1) is 6.92 Å². The van der Waals surface area contributed by atoms with E-state index in [9.17, 15) is 24.6 Å². The molecular formula is C25H23N3O6. The summed E-state index contributed by atoms with van der Waals surface area (Å²) in [7, 11) is 1.24. The number of ether oxygens (including phenoxy) is 1. The summed E-state index contributed by atoms with van der Waals surface area (Å²) in [4.78, 5) is 42.6. The summed E-state index contributed by atoms with van der Waals surface area (Å²) in [5, 5.41) is 22.4. The number of aryl methyl sites for hydroxylation is 1. The van der Waals surface area contributed by atoms with Crippen LogP contribution < -0.4 is 5.32 Å². The molecule has 174 valence electrons. The standard InChI is InChI=1S/C25H23N3O6/c1-14-3-8-20-17(11-14)18(24(31)32)12-21(27-20)15-4-6-16(7-5-15)26-22-19(25(33)34-2)13-28(9-10-29)23(22)30/h3-8,11-12,26,29H,9-10,13H2,1-2H3,(H,31,32). The van der Waals surface area contributed by atoms with E-state index in [1.807, 2.05) is 13.0 Å². The maximum absolute atomic E-state index is 12.7. The topological polar surface area (TPSA) is 129 Å². The summed E-state index contributed by atoms with van der Waals surface area (Å²) >= 11 is 0. The van der Waals surface area contributed by atoms with Gasteiger partial charge in [0, 0.05) is 23.2 Å². The van der Waals surface area contributed by atoms with Crippen LogP contribution in [-0.2, 0) is 14.3 Å². The van der Waals surface area contributed by atoms with Crippen LogP contribution in [0.4, 0.5) is 5.69 Å². The van der Waals surface area contributed by atoms with Crippen LogP contribution in [0.1, 0.15) is 15.9 Å². The van der Waals surface area contributed by atoms with Crippen molar-refractivity contribution in [3.05, 3.63) is 70.9 Å².